The van der Waals surface area contributed by atoms with Gasteiger partial charge in [-0.1, -0.05) is 36.8 Å². The Morgan fingerprint density at radius 3 is 2.83 bits per heavy atom. The highest BCUT2D eigenvalue weighted by atomic mass is 16.2. The van der Waals surface area contributed by atoms with E-state index in [1.807, 2.05) is 24.1 Å². The van der Waals surface area contributed by atoms with Gasteiger partial charge >= 0.3 is 0 Å². The number of rotatable bonds is 6. The molecule has 1 saturated heterocycles. The van der Waals surface area contributed by atoms with Crippen molar-refractivity contribution in [3.63, 3.8) is 0 Å². The monoisotopic (exact) mass is 326 g/mol. The van der Waals surface area contributed by atoms with Crippen LogP contribution in [0.4, 0.5) is 0 Å². The van der Waals surface area contributed by atoms with Gasteiger partial charge in [-0.2, -0.15) is 5.10 Å². The lowest BCUT2D eigenvalue weighted by molar-refractivity contribution is -0.131. The predicted molar refractivity (Wildman–Crippen MR) is 94.4 cm³/mol. The molecule has 0 radical (unpaired) electrons. The van der Waals surface area contributed by atoms with Gasteiger partial charge in [0.1, 0.15) is 0 Å². The predicted octanol–water partition coefficient (Wildman–Crippen LogP) is 2.95. The number of H-pyrrole nitrogens is 1. The maximum Gasteiger partial charge on any atom is 0.222 e. The number of hydrogen-bond donors (Lipinski definition) is 2. The molecule has 0 bridgehead atoms. The number of aromatic nitrogens is 2. The number of amides is 1. The third-order valence-corrected chi connectivity index (χ3v) is 4.75. The largest absolute Gasteiger partial charge is 0.341 e. The van der Waals surface area contributed by atoms with E-state index < -0.39 is 0 Å². The summed E-state index contributed by atoms with van der Waals surface area (Å²) in [5.41, 5.74) is 3.47. The standard InChI is InChI=1S/C19H26N4O/c1-15-17(13-21-22-15)12-20-18(16-8-4-2-5-9-16)14-23-11-7-3-6-10-19(23)24/h2,4-5,8-9,13,18,20H,3,6-7,10-12,14H2,1H3,(H,21,22)/t18-/m1/s1. The maximum atomic E-state index is 12.4. The number of benzene rings is 1. The molecule has 2 heterocycles. The zero-order chi connectivity index (χ0) is 16.8. The Hall–Kier alpha value is -2.14. The van der Waals surface area contributed by atoms with Crippen molar-refractivity contribution in [2.24, 2.45) is 0 Å². The Bertz CT molecular complexity index is 652. The lowest BCUT2D eigenvalue weighted by Gasteiger charge is -2.28. The number of carbonyl (C=O) groups excluding carboxylic acids is 1. The highest BCUT2D eigenvalue weighted by Gasteiger charge is 2.21. The first-order valence-electron chi connectivity index (χ1n) is 8.79. The summed E-state index contributed by atoms with van der Waals surface area (Å²) in [6.07, 6.45) is 5.82. The van der Waals surface area contributed by atoms with E-state index in [0.29, 0.717) is 6.42 Å². The Balaban J connectivity index is 1.72. The lowest BCUT2D eigenvalue weighted by Crippen LogP contribution is -2.38. The summed E-state index contributed by atoms with van der Waals surface area (Å²) in [6.45, 7) is 4.36. The molecule has 24 heavy (non-hydrogen) atoms. The molecule has 5 heteroatoms. The number of hydrogen-bond acceptors (Lipinski definition) is 3. The molecule has 1 aliphatic heterocycles. The van der Waals surface area contributed by atoms with Crippen LogP contribution in [0.2, 0.25) is 0 Å². The van der Waals surface area contributed by atoms with Crippen LogP contribution in [0.25, 0.3) is 0 Å². The van der Waals surface area contributed by atoms with E-state index in [0.717, 1.165) is 50.2 Å². The number of nitrogens with zero attached hydrogens (tertiary/aromatic N) is 2. The fourth-order valence-corrected chi connectivity index (χ4v) is 3.21. The fourth-order valence-electron chi connectivity index (χ4n) is 3.21. The molecule has 0 saturated carbocycles. The van der Waals surface area contributed by atoms with Gasteiger partial charge in [0.15, 0.2) is 0 Å². The normalized spacial score (nSPS) is 16.9. The van der Waals surface area contributed by atoms with E-state index in [-0.39, 0.29) is 11.9 Å². The van der Waals surface area contributed by atoms with Gasteiger partial charge in [-0.25, -0.2) is 0 Å². The Labute approximate surface area is 143 Å². The minimum absolute atomic E-state index is 0.127. The third kappa shape index (κ3) is 4.23. The second kappa shape index (κ2) is 8.11. The van der Waals surface area contributed by atoms with Gasteiger partial charge in [0, 0.05) is 37.3 Å². The summed E-state index contributed by atoms with van der Waals surface area (Å²) < 4.78 is 0. The van der Waals surface area contributed by atoms with Gasteiger partial charge in [-0.3, -0.25) is 9.89 Å². The first-order chi connectivity index (χ1) is 11.7. The Kier molecular flexibility index (Phi) is 5.64. The average Bonchev–Trinajstić information content (AvgIpc) is 2.90. The van der Waals surface area contributed by atoms with Gasteiger partial charge < -0.3 is 10.2 Å². The molecule has 3 rings (SSSR count). The van der Waals surface area contributed by atoms with E-state index in [4.69, 9.17) is 0 Å². The summed E-state index contributed by atoms with van der Waals surface area (Å²) in [5, 5.41) is 10.7. The van der Waals surface area contributed by atoms with E-state index in [1.165, 1.54) is 5.56 Å². The van der Waals surface area contributed by atoms with Crippen molar-refractivity contribution < 1.29 is 4.79 Å². The molecule has 5 nitrogen and oxygen atoms in total. The summed E-state index contributed by atoms with van der Waals surface area (Å²) in [5.74, 6) is 0.287. The highest BCUT2D eigenvalue weighted by molar-refractivity contribution is 5.76. The zero-order valence-electron chi connectivity index (χ0n) is 14.3. The van der Waals surface area contributed by atoms with Gasteiger partial charge in [-0.15, -0.1) is 0 Å². The van der Waals surface area contributed by atoms with Gasteiger partial charge in [0.25, 0.3) is 0 Å². The molecular formula is C19H26N4O. The van der Waals surface area contributed by atoms with Crippen LogP contribution in [0.3, 0.4) is 0 Å². The number of likely N-dealkylation sites (tertiary alicyclic amines) is 1. The van der Waals surface area contributed by atoms with Crippen molar-refractivity contribution in [3.05, 3.63) is 53.3 Å². The number of nitrogens with one attached hydrogen (secondary N) is 2. The zero-order valence-corrected chi connectivity index (χ0v) is 14.3. The van der Waals surface area contributed by atoms with Crippen molar-refractivity contribution in [3.8, 4) is 0 Å². The molecule has 1 amide bonds. The molecule has 1 aromatic heterocycles. The molecule has 0 spiro atoms. The van der Waals surface area contributed by atoms with E-state index in [2.05, 4.69) is 39.8 Å². The third-order valence-electron chi connectivity index (χ3n) is 4.75. The first kappa shape index (κ1) is 16.7. The summed E-state index contributed by atoms with van der Waals surface area (Å²) >= 11 is 0. The summed E-state index contributed by atoms with van der Waals surface area (Å²) in [4.78, 5) is 14.4. The smallest absolute Gasteiger partial charge is 0.222 e. The number of carbonyl (C=O) groups is 1. The molecular weight excluding hydrogens is 300 g/mol. The SMILES string of the molecule is Cc1[nH]ncc1CN[C@H](CN1CCCCCC1=O)c1ccccc1. The van der Waals surface area contributed by atoms with Crippen LogP contribution in [0, 0.1) is 6.92 Å². The fraction of sp³-hybridized carbons (Fsp3) is 0.474. The van der Waals surface area contributed by atoms with Gasteiger partial charge in [0.05, 0.1) is 12.2 Å². The number of aromatic amines is 1. The molecule has 1 aromatic carbocycles. The van der Waals surface area contributed by atoms with Crippen molar-refractivity contribution in [2.45, 2.75) is 45.2 Å². The molecule has 128 valence electrons. The molecule has 1 atom stereocenters. The molecule has 2 aromatic rings. The summed E-state index contributed by atoms with van der Waals surface area (Å²) in [7, 11) is 0. The van der Waals surface area contributed by atoms with E-state index in [9.17, 15) is 4.79 Å². The van der Waals surface area contributed by atoms with E-state index >= 15 is 0 Å². The van der Waals surface area contributed by atoms with Crippen LogP contribution < -0.4 is 5.32 Å². The molecule has 1 aliphatic rings. The Morgan fingerprint density at radius 1 is 1.25 bits per heavy atom. The number of aryl methyl sites for hydroxylation is 1. The lowest BCUT2D eigenvalue weighted by atomic mass is 10.1. The van der Waals surface area contributed by atoms with Crippen molar-refractivity contribution in [1.29, 1.82) is 0 Å². The van der Waals surface area contributed by atoms with Crippen LogP contribution in [0.5, 0.6) is 0 Å². The van der Waals surface area contributed by atoms with Gasteiger partial charge in [0.2, 0.25) is 5.91 Å². The quantitative estimate of drug-likeness (QED) is 0.858. The first-order valence-corrected chi connectivity index (χ1v) is 8.79. The van der Waals surface area contributed by atoms with Crippen LogP contribution in [-0.4, -0.2) is 34.1 Å². The molecule has 0 aliphatic carbocycles. The van der Waals surface area contributed by atoms with Crippen LogP contribution >= 0.6 is 0 Å². The minimum Gasteiger partial charge on any atom is -0.341 e. The molecule has 0 unspecified atom stereocenters. The second-order valence-corrected chi connectivity index (χ2v) is 6.51. The molecule has 2 N–H and O–H groups in total. The Morgan fingerprint density at radius 2 is 2.08 bits per heavy atom. The van der Waals surface area contributed by atoms with Crippen molar-refractivity contribution in [1.82, 2.24) is 20.4 Å². The van der Waals surface area contributed by atoms with Gasteiger partial charge in [-0.05, 0) is 25.3 Å². The molecule has 1 fully saturated rings. The maximum absolute atomic E-state index is 12.4. The highest BCUT2D eigenvalue weighted by Crippen LogP contribution is 2.19. The van der Waals surface area contributed by atoms with E-state index in [1.54, 1.807) is 0 Å². The minimum atomic E-state index is 0.127. The van der Waals surface area contributed by atoms with Crippen molar-refractivity contribution in [2.75, 3.05) is 13.1 Å². The van der Waals surface area contributed by atoms with Crippen molar-refractivity contribution >= 4 is 5.91 Å². The topological polar surface area (TPSA) is 61.0 Å². The van der Waals surface area contributed by atoms with Crippen LogP contribution in [-0.2, 0) is 11.3 Å². The van der Waals surface area contributed by atoms with Crippen LogP contribution in [0.15, 0.2) is 36.5 Å². The van der Waals surface area contributed by atoms with Crippen LogP contribution in [0.1, 0.15) is 48.5 Å². The second-order valence-electron chi connectivity index (χ2n) is 6.51. The summed E-state index contributed by atoms with van der Waals surface area (Å²) in [6, 6.07) is 10.5. The average molecular weight is 326 g/mol.